The standard InChI is InChI=1S/C33H33N3O3S/c1-4-9-22(10-5-2)13-18-25-19-26-20-27(6-3)40-32(26)36(31(25)37)21-23-14-16-24(17-15-23)28-11-7-8-12-29(28)30-34-33(38)39-35-30/h4,7-12,14-17,19-20H,5-6,13,18,21H2,1-3H3,(H,34,35,38)/b9-4-,22-10+. The number of fused-ring (bicyclic) bond motifs is 1. The zero-order valence-electron chi connectivity index (χ0n) is 23.1. The van der Waals surface area contributed by atoms with Crippen LogP contribution in [0.3, 0.4) is 0 Å². The second-order valence-electron chi connectivity index (χ2n) is 9.76. The second kappa shape index (κ2) is 12.3. The highest BCUT2D eigenvalue weighted by atomic mass is 32.1. The molecule has 204 valence electrons. The summed E-state index contributed by atoms with van der Waals surface area (Å²) in [6, 6.07) is 20.3. The Morgan fingerprint density at radius 1 is 1.05 bits per heavy atom. The van der Waals surface area contributed by atoms with Crippen molar-refractivity contribution >= 4 is 21.6 Å². The van der Waals surface area contributed by atoms with E-state index in [0.717, 1.165) is 57.3 Å². The molecule has 0 atom stereocenters. The number of hydrogen-bond acceptors (Lipinski definition) is 5. The number of hydrogen-bond donors (Lipinski definition) is 1. The molecule has 0 radical (unpaired) electrons. The molecule has 7 heteroatoms. The average Bonchev–Trinajstić information content (AvgIpc) is 3.60. The zero-order valence-corrected chi connectivity index (χ0v) is 23.9. The number of aromatic amines is 1. The topological polar surface area (TPSA) is 80.9 Å². The molecule has 0 spiro atoms. The van der Waals surface area contributed by atoms with Gasteiger partial charge in [-0.15, -0.1) is 11.3 Å². The monoisotopic (exact) mass is 551 g/mol. The van der Waals surface area contributed by atoms with Gasteiger partial charge in [-0.3, -0.25) is 18.9 Å². The molecule has 5 rings (SSSR count). The van der Waals surface area contributed by atoms with E-state index in [0.29, 0.717) is 18.8 Å². The van der Waals surface area contributed by atoms with Crippen LogP contribution in [0.5, 0.6) is 0 Å². The minimum Gasteiger partial charge on any atom is -0.296 e. The van der Waals surface area contributed by atoms with Gasteiger partial charge in [0.15, 0.2) is 5.82 Å². The van der Waals surface area contributed by atoms with Gasteiger partial charge in [0.05, 0.1) is 6.54 Å². The van der Waals surface area contributed by atoms with E-state index in [1.165, 1.54) is 10.5 Å². The predicted molar refractivity (Wildman–Crippen MR) is 164 cm³/mol. The molecule has 2 aromatic carbocycles. The Kier molecular flexibility index (Phi) is 8.41. The molecule has 0 amide bonds. The highest BCUT2D eigenvalue weighted by molar-refractivity contribution is 7.18. The Hall–Kier alpha value is -4.23. The Labute approximate surface area is 237 Å². The largest absolute Gasteiger partial charge is 0.439 e. The van der Waals surface area contributed by atoms with E-state index in [2.05, 4.69) is 66.5 Å². The van der Waals surface area contributed by atoms with Crippen LogP contribution >= 0.6 is 11.3 Å². The minimum absolute atomic E-state index is 0.0812. The third-order valence-electron chi connectivity index (χ3n) is 6.99. The number of nitrogens with one attached hydrogen (secondary N) is 1. The van der Waals surface area contributed by atoms with Gasteiger partial charge in [0.25, 0.3) is 5.56 Å². The zero-order chi connectivity index (χ0) is 28.1. The molecule has 0 fully saturated rings. The maximum atomic E-state index is 13.8. The maximum absolute atomic E-state index is 13.8. The van der Waals surface area contributed by atoms with E-state index in [1.807, 2.05) is 47.9 Å². The summed E-state index contributed by atoms with van der Waals surface area (Å²) >= 11 is 1.70. The third-order valence-corrected chi connectivity index (χ3v) is 8.31. The summed E-state index contributed by atoms with van der Waals surface area (Å²) in [5, 5.41) is 5.00. The van der Waals surface area contributed by atoms with Crippen molar-refractivity contribution in [1.29, 1.82) is 0 Å². The predicted octanol–water partition coefficient (Wildman–Crippen LogP) is 7.53. The van der Waals surface area contributed by atoms with Crippen molar-refractivity contribution in [3.63, 3.8) is 0 Å². The number of aryl methyl sites for hydroxylation is 2. The lowest BCUT2D eigenvalue weighted by Crippen LogP contribution is -2.24. The van der Waals surface area contributed by atoms with Gasteiger partial charge in [0.1, 0.15) is 4.83 Å². The number of thiophene rings is 1. The first-order chi connectivity index (χ1) is 19.5. The molecule has 0 bridgehead atoms. The van der Waals surface area contributed by atoms with Gasteiger partial charge in [0, 0.05) is 21.4 Å². The molecule has 1 N–H and O–H groups in total. The van der Waals surface area contributed by atoms with Gasteiger partial charge < -0.3 is 0 Å². The van der Waals surface area contributed by atoms with Crippen LogP contribution in [0.4, 0.5) is 0 Å². The smallest absolute Gasteiger partial charge is 0.296 e. The van der Waals surface area contributed by atoms with E-state index in [4.69, 9.17) is 4.52 Å². The van der Waals surface area contributed by atoms with E-state index in [9.17, 15) is 9.59 Å². The number of aromatic nitrogens is 3. The number of allylic oxidation sites excluding steroid dienone is 4. The molecule has 3 aromatic heterocycles. The number of benzene rings is 2. The van der Waals surface area contributed by atoms with Crippen LogP contribution in [0.15, 0.2) is 98.6 Å². The van der Waals surface area contributed by atoms with E-state index in [1.54, 1.807) is 11.3 Å². The molecule has 5 aromatic rings. The molecule has 0 aliphatic heterocycles. The lowest BCUT2D eigenvalue weighted by Gasteiger charge is -2.12. The van der Waals surface area contributed by atoms with Crippen molar-refractivity contribution in [2.75, 3.05) is 0 Å². The molecule has 6 nitrogen and oxygen atoms in total. The summed E-state index contributed by atoms with van der Waals surface area (Å²) in [7, 11) is 0. The molecule has 0 unspecified atom stereocenters. The summed E-state index contributed by atoms with van der Waals surface area (Å²) in [6.07, 6.45) is 9.90. The normalized spacial score (nSPS) is 12.1. The first kappa shape index (κ1) is 27.3. The highest BCUT2D eigenvalue weighted by Gasteiger charge is 2.15. The van der Waals surface area contributed by atoms with Crippen LogP contribution in [-0.4, -0.2) is 14.7 Å². The fourth-order valence-electron chi connectivity index (χ4n) is 5.04. The number of nitrogens with zero attached hydrogens (tertiary/aromatic N) is 2. The van der Waals surface area contributed by atoms with Gasteiger partial charge in [-0.05, 0) is 61.4 Å². The van der Waals surface area contributed by atoms with Crippen molar-refractivity contribution in [2.45, 2.75) is 53.0 Å². The quantitative estimate of drug-likeness (QED) is 0.182. The van der Waals surface area contributed by atoms with Crippen LogP contribution in [0, 0.1) is 0 Å². The Morgan fingerprint density at radius 2 is 1.82 bits per heavy atom. The summed E-state index contributed by atoms with van der Waals surface area (Å²) in [5.41, 5.74) is 5.95. The highest BCUT2D eigenvalue weighted by Crippen LogP contribution is 2.31. The van der Waals surface area contributed by atoms with Crippen molar-refractivity contribution in [3.8, 4) is 22.5 Å². The fraction of sp³-hybridized carbons (Fsp3) is 0.242. The second-order valence-corrected chi connectivity index (χ2v) is 10.9. The molecule has 3 heterocycles. The van der Waals surface area contributed by atoms with Crippen molar-refractivity contribution < 1.29 is 4.52 Å². The van der Waals surface area contributed by atoms with Gasteiger partial charge in [-0.25, -0.2) is 4.79 Å². The molecule has 0 aliphatic carbocycles. The van der Waals surface area contributed by atoms with Crippen LogP contribution < -0.4 is 11.3 Å². The number of H-pyrrole nitrogens is 1. The first-order valence-electron chi connectivity index (χ1n) is 13.7. The summed E-state index contributed by atoms with van der Waals surface area (Å²) in [5.74, 6) is -0.190. The van der Waals surface area contributed by atoms with Crippen LogP contribution in [0.2, 0.25) is 0 Å². The summed E-state index contributed by atoms with van der Waals surface area (Å²) in [6.45, 7) is 6.81. The first-order valence-corrected chi connectivity index (χ1v) is 14.5. The SMILES string of the molecule is C/C=C\C(=C/CC)CCc1cc2cc(CC)sc2n(Cc2ccc(-c3ccccc3-c3noc(=O)[nH]3)cc2)c1=O. The van der Waals surface area contributed by atoms with Crippen LogP contribution in [-0.2, 0) is 19.4 Å². The van der Waals surface area contributed by atoms with Gasteiger partial charge >= 0.3 is 5.76 Å². The van der Waals surface area contributed by atoms with Crippen LogP contribution in [0.25, 0.3) is 32.7 Å². The molecule has 0 saturated heterocycles. The molecule has 0 aliphatic rings. The maximum Gasteiger partial charge on any atom is 0.439 e. The molecular formula is C33H33N3O3S. The molecule has 40 heavy (non-hydrogen) atoms. The van der Waals surface area contributed by atoms with E-state index >= 15 is 0 Å². The van der Waals surface area contributed by atoms with Gasteiger partial charge in [-0.1, -0.05) is 91.3 Å². The Morgan fingerprint density at radius 3 is 2.50 bits per heavy atom. The average molecular weight is 552 g/mol. The summed E-state index contributed by atoms with van der Waals surface area (Å²) in [4.78, 5) is 30.2. The van der Waals surface area contributed by atoms with Gasteiger partial charge in [-0.2, -0.15) is 0 Å². The lowest BCUT2D eigenvalue weighted by atomic mass is 9.98. The van der Waals surface area contributed by atoms with Crippen LogP contribution in [0.1, 0.15) is 49.6 Å². The molecular weight excluding hydrogens is 518 g/mol. The molecule has 0 saturated carbocycles. The lowest BCUT2D eigenvalue weighted by molar-refractivity contribution is 0.388. The van der Waals surface area contributed by atoms with Gasteiger partial charge in [0.2, 0.25) is 0 Å². The third kappa shape index (κ3) is 5.84. The number of rotatable bonds is 10. The summed E-state index contributed by atoms with van der Waals surface area (Å²) < 4.78 is 6.66. The minimum atomic E-state index is -0.585. The van der Waals surface area contributed by atoms with E-state index < -0.39 is 5.76 Å². The van der Waals surface area contributed by atoms with Crippen molar-refractivity contribution in [2.24, 2.45) is 0 Å². The van der Waals surface area contributed by atoms with Crippen molar-refractivity contribution in [1.82, 2.24) is 14.7 Å². The number of pyridine rings is 1. The van der Waals surface area contributed by atoms with E-state index in [-0.39, 0.29) is 5.56 Å². The Bertz CT molecular complexity index is 1800. The Balaban J connectivity index is 1.48. The van der Waals surface area contributed by atoms with Crippen molar-refractivity contribution in [3.05, 3.63) is 121 Å². The fourth-order valence-corrected chi connectivity index (χ4v) is 6.11.